The molecular formula is C15H23NO. The molecule has 1 aliphatic rings. The Labute approximate surface area is 104 Å². The van der Waals surface area contributed by atoms with Gasteiger partial charge in [-0.1, -0.05) is 26.0 Å². The molecule has 1 aliphatic carbocycles. The van der Waals surface area contributed by atoms with Gasteiger partial charge < -0.3 is 10.1 Å². The third kappa shape index (κ3) is 2.19. The van der Waals surface area contributed by atoms with E-state index in [1.807, 2.05) is 6.92 Å². The first-order valence-electron chi connectivity index (χ1n) is 6.49. The quantitative estimate of drug-likeness (QED) is 0.862. The Morgan fingerprint density at radius 3 is 2.41 bits per heavy atom. The monoisotopic (exact) mass is 233 g/mol. The first-order valence-corrected chi connectivity index (χ1v) is 6.49. The molecule has 1 fully saturated rings. The van der Waals surface area contributed by atoms with Crippen molar-refractivity contribution in [2.24, 2.45) is 5.41 Å². The van der Waals surface area contributed by atoms with E-state index in [0.717, 1.165) is 12.4 Å². The van der Waals surface area contributed by atoms with E-state index >= 15 is 0 Å². The van der Waals surface area contributed by atoms with Crippen molar-refractivity contribution in [3.63, 3.8) is 0 Å². The summed E-state index contributed by atoms with van der Waals surface area (Å²) in [7, 11) is 2.06. The van der Waals surface area contributed by atoms with Crippen LogP contribution in [0.3, 0.4) is 0 Å². The lowest BCUT2D eigenvalue weighted by Crippen LogP contribution is -2.54. The molecule has 1 saturated carbocycles. The van der Waals surface area contributed by atoms with Crippen LogP contribution in [-0.2, 0) is 0 Å². The fraction of sp³-hybridized carbons (Fsp3) is 0.600. The van der Waals surface area contributed by atoms with E-state index in [0.29, 0.717) is 17.4 Å². The molecule has 0 aliphatic heterocycles. The minimum atomic E-state index is 0.349. The molecule has 0 radical (unpaired) electrons. The average molecular weight is 233 g/mol. The Kier molecular flexibility index (Phi) is 3.43. The Hall–Kier alpha value is -1.02. The Balaban J connectivity index is 2.09. The van der Waals surface area contributed by atoms with Gasteiger partial charge in [0.15, 0.2) is 0 Å². The molecule has 0 spiro atoms. The van der Waals surface area contributed by atoms with E-state index < -0.39 is 0 Å². The molecule has 94 valence electrons. The lowest BCUT2D eigenvalue weighted by atomic mass is 9.56. The minimum Gasteiger partial charge on any atom is -0.494 e. The number of rotatable bonds is 4. The van der Waals surface area contributed by atoms with Crippen LogP contribution < -0.4 is 10.1 Å². The molecule has 2 nitrogen and oxygen atoms in total. The molecular weight excluding hydrogens is 210 g/mol. The molecule has 0 saturated heterocycles. The standard InChI is InChI=1S/C15H23NO/c1-5-17-12-8-6-11(7-9-12)13-10-14(16-4)15(13,2)3/h6-9,13-14,16H,5,10H2,1-4H3. The SMILES string of the molecule is CCOc1ccc(C2CC(NC)C2(C)C)cc1. The number of nitrogens with one attached hydrogen (secondary N) is 1. The van der Waals surface area contributed by atoms with Gasteiger partial charge in [0.05, 0.1) is 6.61 Å². The summed E-state index contributed by atoms with van der Waals surface area (Å²) in [6, 6.07) is 9.23. The number of hydrogen-bond acceptors (Lipinski definition) is 2. The van der Waals surface area contributed by atoms with Crippen LogP contribution in [0.4, 0.5) is 0 Å². The summed E-state index contributed by atoms with van der Waals surface area (Å²) in [4.78, 5) is 0. The van der Waals surface area contributed by atoms with Crippen LogP contribution in [0.15, 0.2) is 24.3 Å². The first-order chi connectivity index (χ1) is 8.09. The van der Waals surface area contributed by atoms with Crippen molar-refractivity contribution in [2.45, 2.75) is 39.2 Å². The van der Waals surface area contributed by atoms with Gasteiger partial charge in [-0.3, -0.25) is 0 Å². The summed E-state index contributed by atoms with van der Waals surface area (Å²) in [6.07, 6.45) is 1.23. The lowest BCUT2D eigenvalue weighted by molar-refractivity contribution is 0.0751. The highest BCUT2D eigenvalue weighted by Gasteiger charge is 2.47. The molecule has 1 aromatic rings. The largest absolute Gasteiger partial charge is 0.494 e. The summed E-state index contributed by atoms with van der Waals surface area (Å²) in [5.74, 6) is 1.63. The van der Waals surface area contributed by atoms with Gasteiger partial charge in [0.1, 0.15) is 5.75 Å². The van der Waals surface area contributed by atoms with Crippen LogP contribution in [0.25, 0.3) is 0 Å². The second-order valence-electron chi connectivity index (χ2n) is 5.45. The fourth-order valence-electron chi connectivity index (χ4n) is 2.94. The molecule has 1 aromatic carbocycles. The van der Waals surface area contributed by atoms with Crippen LogP contribution in [-0.4, -0.2) is 19.7 Å². The van der Waals surface area contributed by atoms with Crippen molar-refractivity contribution in [1.29, 1.82) is 0 Å². The van der Waals surface area contributed by atoms with Gasteiger partial charge in [0.25, 0.3) is 0 Å². The second kappa shape index (κ2) is 4.69. The molecule has 0 heterocycles. The molecule has 0 amide bonds. The smallest absolute Gasteiger partial charge is 0.119 e. The van der Waals surface area contributed by atoms with E-state index in [4.69, 9.17) is 4.74 Å². The number of ether oxygens (including phenoxy) is 1. The maximum absolute atomic E-state index is 5.47. The predicted octanol–water partition coefficient (Wildman–Crippen LogP) is 3.19. The van der Waals surface area contributed by atoms with Crippen molar-refractivity contribution >= 4 is 0 Å². The minimum absolute atomic E-state index is 0.349. The summed E-state index contributed by atoms with van der Waals surface area (Å²) < 4.78 is 5.47. The molecule has 2 unspecified atom stereocenters. The van der Waals surface area contributed by atoms with Gasteiger partial charge in [-0.15, -0.1) is 0 Å². The summed E-state index contributed by atoms with van der Waals surface area (Å²) >= 11 is 0. The zero-order valence-corrected chi connectivity index (χ0v) is 11.3. The zero-order valence-electron chi connectivity index (χ0n) is 11.3. The van der Waals surface area contributed by atoms with Crippen molar-refractivity contribution in [3.8, 4) is 5.75 Å². The van der Waals surface area contributed by atoms with Crippen LogP contribution in [0.5, 0.6) is 5.75 Å². The highest BCUT2D eigenvalue weighted by molar-refractivity contribution is 5.33. The van der Waals surface area contributed by atoms with E-state index in [1.165, 1.54) is 12.0 Å². The summed E-state index contributed by atoms with van der Waals surface area (Å²) in [6.45, 7) is 7.44. The summed E-state index contributed by atoms with van der Waals surface area (Å²) in [5, 5.41) is 3.40. The van der Waals surface area contributed by atoms with Gasteiger partial charge in [-0.2, -0.15) is 0 Å². The van der Waals surface area contributed by atoms with Gasteiger partial charge in [-0.25, -0.2) is 0 Å². The van der Waals surface area contributed by atoms with Crippen LogP contribution in [0.1, 0.15) is 38.7 Å². The topological polar surface area (TPSA) is 21.3 Å². The summed E-state index contributed by atoms with van der Waals surface area (Å²) in [5.41, 5.74) is 1.78. The van der Waals surface area contributed by atoms with Gasteiger partial charge in [-0.05, 0) is 49.4 Å². The third-order valence-electron chi connectivity index (χ3n) is 4.21. The Morgan fingerprint density at radius 1 is 1.29 bits per heavy atom. The van der Waals surface area contributed by atoms with Gasteiger partial charge in [0.2, 0.25) is 0 Å². The number of hydrogen-bond donors (Lipinski definition) is 1. The Bertz CT molecular complexity index is 369. The molecule has 17 heavy (non-hydrogen) atoms. The Morgan fingerprint density at radius 2 is 1.94 bits per heavy atom. The van der Waals surface area contributed by atoms with Gasteiger partial charge in [0, 0.05) is 6.04 Å². The molecule has 2 rings (SSSR count). The zero-order chi connectivity index (χ0) is 12.5. The molecule has 0 aromatic heterocycles. The average Bonchev–Trinajstić information content (AvgIpc) is 2.31. The maximum atomic E-state index is 5.47. The predicted molar refractivity (Wildman–Crippen MR) is 71.6 cm³/mol. The molecule has 1 N–H and O–H groups in total. The van der Waals surface area contributed by atoms with Crippen molar-refractivity contribution < 1.29 is 4.74 Å². The van der Waals surface area contributed by atoms with Crippen molar-refractivity contribution in [1.82, 2.24) is 5.32 Å². The highest BCUT2D eigenvalue weighted by Crippen LogP contribution is 2.52. The lowest BCUT2D eigenvalue weighted by Gasteiger charge is -2.52. The van der Waals surface area contributed by atoms with E-state index in [2.05, 4.69) is 50.5 Å². The van der Waals surface area contributed by atoms with Crippen LogP contribution in [0.2, 0.25) is 0 Å². The molecule has 0 bridgehead atoms. The molecule has 2 atom stereocenters. The van der Waals surface area contributed by atoms with Crippen molar-refractivity contribution in [3.05, 3.63) is 29.8 Å². The van der Waals surface area contributed by atoms with Crippen LogP contribution in [0, 0.1) is 5.41 Å². The second-order valence-corrected chi connectivity index (χ2v) is 5.45. The first kappa shape index (κ1) is 12.4. The van der Waals surface area contributed by atoms with E-state index in [-0.39, 0.29) is 0 Å². The van der Waals surface area contributed by atoms with Crippen LogP contribution >= 0.6 is 0 Å². The normalized spacial score (nSPS) is 26.4. The fourth-order valence-corrected chi connectivity index (χ4v) is 2.94. The third-order valence-corrected chi connectivity index (χ3v) is 4.21. The highest BCUT2D eigenvalue weighted by atomic mass is 16.5. The van der Waals surface area contributed by atoms with Crippen molar-refractivity contribution in [2.75, 3.05) is 13.7 Å². The number of benzene rings is 1. The van der Waals surface area contributed by atoms with E-state index in [1.54, 1.807) is 0 Å². The molecule has 2 heteroatoms. The van der Waals surface area contributed by atoms with E-state index in [9.17, 15) is 0 Å². The maximum Gasteiger partial charge on any atom is 0.119 e. The van der Waals surface area contributed by atoms with Gasteiger partial charge >= 0.3 is 0 Å².